The first kappa shape index (κ1) is 21.0. The van der Waals surface area contributed by atoms with Gasteiger partial charge in [0.1, 0.15) is 5.57 Å². The third kappa shape index (κ3) is 4.53. The zero-order valence-corrected chi connectivity index (χ0v) is 15.8. The second kappa shape index (κ2) is 8.61. The molecule has 1 aromatic carbocycles. The lowest BCUT2D eigenvalue weighted by Gasteiger charge is -2.32. The molecule has 1 aromatic rings. The molecule has 0 aromatic heterocycles. The van der Waals surface area contributed by atoms with Crippen LogP contribution in [-0.2, 0) is 4.79 Å². The third-order valence-corrected chi connectivity index (χ3v) is 4.79. The topological polar surface area (TPSA) is 58.7 Å². The van der Waals surface area contributed by atoms with Crippen molar-refractivity contribution in [2.24, 2.45) is 10.7 Å². The van der Waals surface area contributed by atoms with Gasteiger partial charge in [-0.05, 0) is 37.0 Å². The number of carbonyl (C=O) groups is 1. The number of amides is 1. The minimum Gasteiger partial charge on any atom is -0.397 e. The van der Waals surface area contributed by atoms with E-state index in [1.54, 1.807) is 31.2 Å². The van der Waals surface area contributed by atoms with Crippen molar-refractivity contribution in [3.8, 4) is 0 Å². The van der Waals surface area contributed by atoms with Gasteiger partial charge >= 0.3 is 0 Å². The Morgan fingerprint density at radius 2 is 1.96 bits per heavy atom. The molecule has 2 N–H and O–H groups in total. The predicted octanol–water partition coefficient (Wildman–Crippen LogP) is 4.21. The van der Waals surface area contributed by atoms with Gasteiger partial charge in [0, 0.05) is 18.1 Å². The first-order chi connectivity index (χ1) is 12.7. The fourth-order valence-electron chi connectivity index (χ4n) is 2.81. The molecule has 0 bridgehead atoms. The van der Waals surface area contributed by atoms with E-state index in [4.69, 9.17) is 17.3 Å². The summed E-state index contributed by atoms with van der Waals surface area (Å²) >= 11 is 6.20. The van der Waals surface area contributed by atoms with E-state index < -0.39 is 35.6 Å². The summed E-state index contributed by atoms with van der Waals surface area (Å²) in [4.78, 5) is 17.6. The molecular formula is C19H21ClF3N3O. The van der Waals surface area contributed by atoms with Crippen molar-refractivity contribution in [1.82, 2.24) is 4.90 Å². The normalized spacial score (nSPS) is 16.8. The number of nitrogens with zero attached hydrogens (tertiary/aromatic N) is 2. The second-order valence-electron chi connectivity index (χ2n) is 6.27. The molecule has 1 aliphatic carbocycles. The van der Waals surface area contributed by atoms with Gasteiger partial charge in [0.2, 0.25) is 5.97 Å². The monoisotopic (exact) mass is 399 g/mol. The number of nitrogens with two attached hydrogens (primary N) is 1. The number of alkyl halides is 2. The van der Waals surface area contributed by atoms with Crippen LogP contribution >= 0.6 is 11.6 Å². The van der Waals surface area contributed by atoms with Crippen LogP contribution < -0.4 is 5.73 Å². The number of hydrogen-bond donors (Lipinski definition) is 1. The highest BCUT2D eigenvalue weighted by atomic mass is 35.5. The summed E-state index contributed by atoms with van der Waals surface area (Å²) in [6.07, 6.45) is -1.82. The first-order valence-corrected chi connectivity index (χ1v) is 8.75. The van der Waals surface area contributed by atoms with Gasteiger partial charge in [-0.25, -0.2) is 8.78 Å². The minimum atomic E-state index is -3.18. The van der Waals surface area contributed by atoms with Gasteiger partial charge in [0.15, 0.2) is 0 Å². The van der Waals surface area contributed by atoms with E-state index >= 15 is 0 Å². The molecule has 0 saturated heterocycles. The molecule has 146 valence electrons. The number of aliphatic imine (C=N–C) groups is 1. The molecule has 0 aliphatic heterocycles. The van der Waals surface area contributed by atoms with Gasteiger partial charge in [-0.2, -0.15) is 4.39 Å². The average Bonchev–Trinajstić information content (AvgIpc) is 3.46. The van der Waals surface area contributed by atoms with Crippen LogP contribution in [0.25, 0.3) is 5.57 Å². The van der Waals surface area contributed by atoms with Crippen LogP contribution in [0.4, 0.5) is 13.2 Å². The van der Waals surface area contributed by atoms with Crippen molar-refractivity contribution in [3.05, 3.63) is 52.7 Å². The molecule has 2 rings (SSSR count). The van der Waals surface area contributed by atoms with E-state index in [1.807, 2.05) is 0 Å². The summed E-state index contributed by atoms with van der Waals surface area (Å²) in [5, 5.41) is 0.446. The Bertz CT molecular complexity index is 803. The summed E-state index contributed by atoms with van der Waals surface area (Å²) in [7, 11) is 1.06. The van der Waals surface area contributed by atoms with Crippen LogP contribution in [0, 0.1) is 0 Å². The quantitative estimate of drug-likeness (QED) is 0.551. The van der Waals surface area contributed by atoms with E-state index in [0.717, 1.165) is 7.05 Å². The van der Waals surface area contributed by atoms with Crippen LogP contribution in [0.5, 0.6) is 0 Å². The Morgan fingerprint density at radius 3 is 2.44 bits per heavy atom. The molecule has 8 heteroatoms. The molecule has 0 spiro atoms. The summed E-state index contributed by atoms with van der Waals surface area (Å²) in [6, 6.07) is 6.14. The van der Waals surface area contributed by atoms with E-state index in [2.05, 4.69) is 11.6 Å². The molecule has 0 heterocycles. The predicted molar refractivity (Wildman–Crippen MR) is 102 cm³/mol. The standard InChI is InChI=1S/C19H21ClF3N3O/c1-10(13-6-4-5-7-14(13)20)11(2)26(12-8-9-12)19(27)15(18(23)25-3)16(24)17(21)22/h4-7,11-12,17H,1,8-9,24H2,2-3H3. The molecule has 1 saturated carbocycles. The molecule has 1 unspecified atom stereocenters. The van der Waals surface area contributed by atoms with Crippen LogP contribution in [0.3, 0.4) is 0 Å². The van der Waals surface area contributed by atoms with Gasteiger partial charge in [-0.15, -0.1) is 0 Å². The van der Waals surface area contributed by atoms with Crippen LogP contribution in [0.1, 0.15) is 25.3 Å². The van der Waals surface area contributed by atoms with Crippen molar-refractivity contribution in [2.75, 3.05) is 7.05 Å². The summed E-state index contributed by atoms with van der Waals surface area (Å²) in [5.41, 5.74) is 4.43. The van der Waals surface area contributed by atoms with Crippen molar-refractivity contribution < 1.29 is 18.0 Å². The zero-order chi connectivity index (χ0) is 20.3. The Morgan fingerprint density at radius 1 is 1.37 bits per heavy atom. The maximum absolute atomic E-state index is 14.1. The van der Waals surface area contributed by atoms with Crippen molar-refractivity contribution in [2.45, 2.75) is 38.3 Å². The molecule has 1 amide bonds. The number of hydrogen-bond acceptors (Lipinski definition) is 3. The molecule has 0 radical (unpaired) electrons. The smallest absolute Gasteiger partial charge is 0.278 e. The minimum absolute atomic E-state index is 0.211. The maximum Gasteiger partial charge on any atom is 0.278 e. The number of allylic oxidation sites excluding steroid dienone is 1. The van der Waals surface area contributed by atoms with Gasteiger partial charge < -0.3 is 10.6 Å². The highest BCUT2D eigenvalue weighted by Crippen LogP contribution is 2.36. The largest absolute Gasteiger partial charge is 0.397 e. The third-order valence-electron chi connectivity index (χ3n) is 4.46. The molecule has 1 aliphatic rings. The van der Waals surface area contributed by atoms with Gasteiger partial charge in [0.25, 0.3) is 12.3 Å². The highest BCUT2D eigenvalue weighted by Gasteiger charge is 2.40. The summed E-state index contributed by atoms with van der Waals surface area (Å²) in [6.45, 7) is 5.70. The number of benzene rings is 1. The Balaban J connectivity index is 2.44. The highest BCUT2D eigenvalue weighted by molar-refractivity contribution is 6.32. The lowest BCUT2D eigenvalue weighted by Crippen LogP contribution is -2.43. The maximum atomic E-state index is 14.1. The Hall–Kier alpha value is -2.28. The molecule has 4 nitrogen and oxygen atoms in total. The summed E-state index contributed by atoms with van der Waals surface area (Å²) < 4.78 is 40.3. The molecule has 1 atom stereocenters. The number of halogens is 4. The lowest BCUT2D eigenvalue weighted by atomic mass is 9.98. The molecule has 27 heavy (non-hydrogen) atoms. The molecular weight excluding hydrogens is 379 g/mol. The number of carbonyl (C=O) groups excluding carboxylic acids is 1. The van der Waals surface area contributed by atoms with Crippen molar-refractivity contribution in [3.63, 3.8) is 0 Å². The SMILES string of the molecule is C=C(c1ccccc1Cl)C(C)N(C(=O)C(C(F)=NC)=C(N)C(F)F)C1CC1. The van der Waals surface area contributed by atoms with E-state index in [9.17, 15) is 18.0 Å². The zero-order valence-electron chi connectivity index (χ0n) is 15.1. The van der Waals surface area contributed by atoms with Crippen molar-refractivity contribution in [1.29, 1.82) is 0 Å². The second-order valence-corrected chi connectivity index (χ2v) is 6.68. The van der Waals surface area contributed by atoms with E-state index in [1.165, 1.54) is 4.90 Å². The van der Waals surface area contributed by atoms with E-state index in [-0.39, 0.29) is 6.04 Å². The van der Waals surface area contributed by atoms with Gasteiger partial charge in [-0.3, -0.25) is 9.79 Å². The lowest BCUT2D eigenvalue weighted by molar-refractivity contribution is -0.128. The van der Waals surface area contributed by atoms with Crippen molar-refractivity contribution >= 4 is 29.0 Å². The van der Waals surface area contributed by atoms with E-state index in [0.29, 0.717) is 29.0 Å². The summed E-state index contributed by atoms with van der Waals surface area (Å²) in [5.74, 6) is -2.25. The molecule has 1 fully saturated rings. The van der Waals surface area contributed by atoms with Gasteiger partial charge in [0.05, 0.1) is 11.7 Å². The van der Waals surface area contributed by atoms with Crippen LogP contribution in [0.15, 0.2) is 47.1 Å². The van der Waals surface area contributed by atoms with Gasteiger partial charge in [-0.1, -0.05) is 36.4 Å². The van der Waals surface area contributed by atoms with Crippen LogP contribution in [0.2, 0.25) is 5.02 Å². The number of rotatable bonds is 7. The average molecular weight is 400 g/mol. The Kier molecular flexibility index (Phi) is 6.70. The Labute approximate surface area is 161 Å². The fraction of sp³-hybridized carbons (Fsp3) is 0.368. The first-order valence-electron chi connectivity index (χ1n) is 8.37. The van der Waals surface area contributed by atoms with Crippen LogP contribution in [-0.4, -0.2) is 42.3 Å². The fourth-order valence-corrected chi connectivity index (χ4v) is 3.06.